The number of aromatic nitrogens is 3. The van der Waals surface area contributed by atoms with Crippen molar-refractivity contribution in [2.45, 2.75) is 6.42 Å². The van der Waals surface area contributed by atoms with E-state index in [-0.39, 0.29) is 17.2 Å². The number of nitrogens with zero attached hydrogens (tertiary/aromatic N) is 4. The van der Waals surface area contributed by atoms with E-state index in [0.29, 0.717) is 36.2 Å². The van der Waals surface area contributed by atoms with E-state index in [0.717, 1.165) is 13.0 Å². The van der Waals surface area contributed by atoms with Gasteiger partial charge in [0.2, 0.25) is 0 Å². The van der Waals surface area contributed by atoms with Gasteiger partial charge in [0.1, 0.15) is 17.7 Å². The maximum absolute atomic E-state index is 13.2. The highest BCUT2D eigenvalue weighted by atomic mass is 16.3. The number of amides is 2. The van der Waals surface area contributed by atoms with Crippen LogP contribution in [0.1, 0.15) is 27.4 Å². The molecule has 0 bridgehead atoms. The summed E-state index contributed by atoms with van der Waals surface area (Å²) >= 11 is 0. The van der Waals surface area contributed by atoms with Crippen molar-refractivity contribution >= 4 is 17.5 Å². The zero-order valence-electron chi connectivity index (χ0n) is 14.9. The minimum atomic E-state index is -0.699. The number of hydrogen-bond donors (Lipinski definition) is 2. The van der Waals surface area contributed by atoms with E-state index in [1.54, 1.807) is 18.2 Å². The van der Waals surface area contributed by atoms with Gasteiger partial charge in [-0.25, -0.2) is 9.97 Å². The van der Waals surface area contributed by atoms with Crippen LogP contribution < -0.4 is 11.1 Å². The molecule has 1 fully saturated rings. The zero-order chi connectivity index (χ0) is 19.0. The van der Waals surface area contributed by atoms with E-state index in [1.807, 2.05) is 11.9 Å². The fourth-order valence-electron chi connectivity index (χ4n) is 3.49. The van der Waals surface area contributed by atoms with Crippen molar-refractivity contribution in [2.75, 3.05) is 26.7 Å². The molecular formula is C18H20N6O3. The Morgan fingerprint density at radius 2 is 2.30 bits per heavy atom. The zero-order valence-corrected chi connectivity index (χ0v) is 14.9. The molecule has 2 amide bonds. The number of primary amides is 1. The Morgan fingerprint density at radius 1 is 1.44 bits per heavy atom. The Morgan fingerprint density at radius 3 is 3.00 bits per heavy atom. The second-order valence-electron chi connectivity index (χ2n) is 6.62. The van der Waals surface area contributed by atoms with Crippen LogP contribution in [0.25, 0.3) is 17.1 Å². The normalized spacial score (nSPS) is 16.9. The van der Waals surface area contributed by atoms with Gasteiger partial charge >= 0.3 is 0 Å². The van der Waals surface area contributed by atoms with Crippen molar-refractivity contribution in [1.29, 1.82) is 0 Å². The Bertz CT molecular complexity index is 994. The van der Waals surface area contributed by atoms with Crippen LogP contribution in [0.15, 0.2) is 35.2 Å². The van der Waals surface area contributed by atoms with Crippen LogP contribution in [0.4, 0.5) is 0 Å². The number of nitrogens with two attached hydrogens (primary N) is 1. The van der Waals surface area contributed by atoms with E-state index in [9.17, 15) is 9.59 Å². The molecule has 4 rings (SSSR count). The van der Waals surface area contributed by atoms with Crippen LogP contribution in [0.3, 0.4) is 0 Å². The number of carbonyl (C=O) groups excluding carboxylic acids is 2. The third kappa shape index (κ3) is 3.06. The first-order chi connectivity index (χ1) is 13.1. The molecule has 0 aliphatic carbocycles. The monoisotopic (exact) mass is 368 g/mol. The summed E-state index contributed by atoms with van der Waals surface area (Å²) in [5, 5.41) is 3.16. The summed E-state index contributed by atoms with van der Waals surface area (Å²) in [5.74, 6) is 0.0833. The van der Waals surface area contributed by atoms with Crippen LogP contribution in [0.5, 0.6) is 0 Å². The Hall–Kier alpha value is -3.20. The number of hydrogen-bond acceptors (Lipinski definition) is 6. The van der Waals surface area contributed by atoms with Crippen LogP contribution in [-0.4, -0.2) is 57.8 Å². The Balaban J connectivity index is 1.79. The smallest absolute Gasteiger partial charge is 0.271 e. The fourth-order valence-corrected chi connectivity index (χ4v) is 3.49. The first-order valence-corrected chi connectivity index (χ1v) is 8.74. The quantitative estimate of drug-likeness (QED) is 0.687. The summed E-state index contributed by atoms with van der Waals surface area (Å²) in [6.45, 7) is 2.23. The number of nitrogens with one attached hydrogen (secondary N) is 1. The molecule has 0 radical (unpaired) electrons. The van der Waals surface area contributed by atoms with Gasteiger partial charge in [0.05, 0.1) is 6.26 Å². The van der Waals surface area contributed by atoms with Gasteiger partial charge in [-0.05, 0) is 44.1 Å². The van der Waals surface area contributed by atoms with E-state index >= 15 is 0 Å². The van der Waals surface area contributed by atoms with Gasteiger partial charge in [-0.3, -0.25) is 14.0 Å². The highest BCUT2D eigenvalue weighted by Crippen LogP contribution is 2.24. The number of rotatable bonds is 5. The number of imidazole rings is 1. The van der Waals surface area contributed by atoms with Gasteiger partial charge in [-0.2, -0.15) is 0 Å². The summed E-state index contributed by atoms with van der Waals surface area (Å²) in [5.41, 5.74) is 6.49. The molecule has 3 N–H and O–H groups in total. The topological polar surface area (TPSA) is 119 Å². The van der Waals surface area contributed by atoms with Crippen molar-refractivity contribution in [2.24, 2.45) is 11.7 Å². The molecule has 140 valence electrons. The van der Waals surface area contributed by atoms with E-state index in [2.05, 4.69) is 15.3 Å². The van der Waals surface area contributed by atoms with Gasteiger partial charge in [0, 0.05) is 13.1 Å². The summed E-state index contributed by atoms with van der Waals surface area (Å²) in [4.78, 5) is 35.2. The van der Waals surface area contributed by atoms with Crippen molar-refractivity contribution < 1.29 is 14.0 Å². The van der Waals surface area contributed by atoms with Crippen LogP contribution in [0.2, 0.25) is 0 Å². The highest BCUT2D eigenvalue weighted by Gasteiger charge is 2.29. The standard InChI is InChI=1S/C18H20N6O3/c1-20-8-11-4-5-23(9-11)18(26)13-7-12(14-3-2-6-27-14)22-17-15(16(19)25)21-10-24(13)17/h2-3,6-7,10-11,20H,4-5,8-9H2,1H3,(H2,19,25). The highest BCUT2D eigenvalue weighted by molar-refractivity contribution is 5.99. The van der Waals surface area contributed by atoms with E-state index in [4.69, 9.17) is 10.2 Å². The van der Waals surface area contributed by atoms with Crippen LogP contribution in [0, 0.1) is 5.92 Å². The van der Waals surface area contributed by atoms with Gasteiger partial charge in [0.25, 0.3) is 11.8 Å². The molecule has 1 saturated heterocycles. The average molecular weight is 368 g/mol. The molecule has 1 aliphatic heterocycles. The number of furan rings is 1. The Kier molecular flexibility index (Phi) is 4.36. The first-order valence-electron chi connectivity index (χ1n) is 8.74. The van der Waals surface area contributed by atoms with Gasteiger partial charge < -0.3 is 20.4 Å². The minimum absolute atomic E-state index is 0.0203. The molecule has 1 atom stereocenters. The first kappa shape index (κ1) is 17.2. The van der Waals surface area contributed by atoms with Crippen molar-refractivity contribution in [1.82, 2.24) is 24.6 Å². The second-order valence-corrected chi connectivity index (χ2v) is 6.62. The molecular weight excluding hydrogens is 348 g/mol. The average Bonchev–Trinajstić information content (AvgIpc) is 3.40. The molecule has 1 aliphatic rings. The summed E-state index contributed by atoms with van der Waals surface area (Å²) in [6, 6.07) is 5.13. The lowest BCUT2D eigenvalue weighted by Crippen LogP contribution is -2.31. The molecule has 3 aromatic heterocycles. The molecule has 1 unspecified atom stereocenters. The summed E-state index contributed by atoms with van der Waals surface area (Å²) < 4.78 is 6.93. The predicted octanol–water partition coefficient (Wildman–Crippen LogP) is 0.770. The predicted molar refractivity (Wildman–Crippen MR) is 97.1 cm³/mol. The van der Waals surface area contributed by atoms with E-state index in [1.165, 1.54) is 17.0 Å². The van der Waals surface area contributed by atoms with Gasteiger partial charge in [-0.1, -0.05) is 0 Å². The largest absolute Gasteiger partial charge is 0.463 e. The minimum Gasteiger partial charge on any atom is -0.463 e. The second kappa shape index (κ2) is 6.84. The molecule has 9 heteroatoms. The molecule has 0 spiro atoms. The third-order valence-electron chi connectivity index (χ3n) is 4.79. The number of likely N-dealkylation sites (tertiary alicyclic amines) is 1. The maximum atomic E-state index is 13.2. The lowest BCUT2D eigenvalue weighted by molar-refractivity contribution is 0.0779. The number of carbonyl (C=O) groups is 2. The molecule has 27 heavy (non-hydrogen) atoms. The molecule has 4 heterocycles. The third-order valence-corrected chi connectivity index (χ3v) is 4.79. The van der Waals surface area contributed by atoms with Crippen LogP contribution in [-0.2, 0) is 0 Å². The lowest BCUT2D eigenvalue weighted by Gasteiger charge is -2.18. The lowest BCUT2D eigenvalue weighted by atomic mass is 10.1. The SMILES string of the molecule is CNCC1CCN(C(=O)c2cc(-c3ccco3)nc3c(C(N)=O)ncn23)C1. The molecule has 9 nitrogen and oxygen atoms in total. The Labute approximate surface area is 155 Å². The van der Waals surface area contributed by atoms with Crippen LogP contribution >= 0.6 is 0 Å². The van der Waals surface area contributed by atoms with Crippen molar-refractivity contribution in [3.05, 3.63) is 42.2 Å². The molecule has 0 saturated carbocycles. The van der Waals surface area contributed by atoms with Crippen molar-refractivity contribution in [3.8, 4) is 11.5 Å². The molecule has 0 aromatic carbocycles. The van der Waals surface area contributed by atoms with Crippen molar-refractivity contribution in [3.63, 3.8) is 0 Å². The molecule has 3 aromatic rings. The summed E-state index contributed by atoms with van der Waals surface area (Å²) in [6.07, 6.45) is 3.88. The maximum Gasteiger partial charge on any atom is 0.271 e. The number of fused-ring (bicyclic) bond motifs is 1. The van der Waals surface area contributed by atoms with Gasteiger partial charge in [0.15, 0.2) is 17.1 Å². The summed E-state index contributed by atoms with van der Waals surface area (Å²) in [7, 11) is 1.91. The van der Waals surface area contributed by atoms with Gasteiger partial charge in [-0.15, -0.1) is 0 Å². The fraction of sp³-hybridized carbons (Fsp3) is 0.333. The van der Waals surface area contributed by atoms with E-state index < -0.39 is 5.91 Å².